The van der Waals surface area contributed by atoms with Crippen LogP contribution in [-0.2, 0) is 29.2 Å². The number of Topliss-reactive ketones (excluding diaryl/α,β-unsaturated/α-hetero) is 1. The van der Waals surface area contributed by atoms with E-state index in [1.165, 1.54) is 15.3 Å². The van der Waals surface area contributed by atoms with Crippen molar-refractivity contribution in [3.63, 3.8) is 0 Å². The Bertz CT molecular complexity index is 1510. The third-order valence-electron chi connectivity index (χ3n) is 9.45. The van der Waals surface area contributed by atoms with Crippen molar-refractivity contribution in [1.82, 2.24) is 30.5 Å². The minimum Gasteiger partial charge on any atom is -0.346 e. The molecule has 1 saturated carbocycles. The summed E-state index contributed by atoms with van der Waals surface area (Å²) in [5, 5.41) is 10.9. The number of amides is 5. The van der Waals surface area contributed by atoms with Crippen molar-refractivity contribution >= 4 is 39.6 Å². The second-order valence-corrected chi connectivity index (χ2v) is 17.6. The molecule has 272 valence electrons. The summed E-state index contributed by atoms with van der Waals surface area (Å²) < 4.78 is 26.4. The van der Waals surface area contributed by atoms with Gasteiger partial charge in [-0.25, -0.2) is 13.2 Å². The summed E-state index contributed by atoms with van der Waals surface area (Å²) in [6.07, 6.45) is 7.55. The number of ketones is 1. The van der Waals surface area contributed by atoms with Crippen molar-refractivity contribution in [2.75, 3.05) is 31.9 Å². The Morgan fingerprint density at radius 2 is 1.69 bits per heavy atom. The highest BCUT2D eigenvalue weighted by Crippen LogP contribution is 2.56. The van der Waals surface area contributed by atoms with Crippen molar-refractivity contribution in [1.29, 1.82) is 0 Å². The van der Waals surface area contributed by atoms with Crippen LogP contribution in [0.5, 0.6) is 0 Å². The zero-order valence-corrected chi connectivity index (χ0v) is 31.0. The van der Waals surface area contributed by atoms with Crippen LogP contribution < -0.4 is 21.3 Å². The van der Waals surface area contributed by atoms with Gasteiger partial charge in [0.1, 0.15) is 12.1 Å². The summed E-state index contributed by atoms with van der Waals surface area (Å²) in [6, 6.07) is -4.43. The van der Waals surface area contributed by atoms with E-state index in [0.29, 0.717) is 13.0 Å². The Kier molecular flexibility index (Phi) is 12.5. The van der Waals surface area contributed by atoms with Crippen molar-refractivity contribution in [2.45, 2.75) is 98.8 Å². The molecule has 0 radical (unpaired) electrons. The summed E-state index contributed by atoms with van der Waals surface area (Å²) in [5.74, 6) is -0.593. The number of nitrogens with zero attached hydrogens (tertiary/aromatic N) is 2. The minimum absolute atomic E-state index is 0.0346. The molecule has 0 aromatic rings. The van der Waals surface area contributed by atoms with Crippen LogP contribution in [0.1, 0.15) is 74.7 Å². The fourth-order valence-corrected chi connectivity index (χ4v) is 8.18. The zero-order valence-electron chi connectivity index (χ0n) is 30.1. The lowest BCUT2D eigenvalue weighted by atomic mass is 9.85. The molecule has 49 heavy (non-hydrogen) atoms. The lowest BCUT2D eigenvalue weighted by Crippen LogP contribution is -2.62. The van der Waals surface area contributed by atoms with Crippen molar-refractivity contribution < 1.29 is 32.4 Å². The van der Waals surface area contributed by atoms with Crippen LogP contribution in [0.4, 0.5) is 4.79 Å². The normalized spacial score (nSPS) is 23.3. The summed E-state index contributed by atoms with van der Waals surface area (Å²) in [6.45, 7) is 19.3. The first-order valence-corrected chi connectivity index (χ1v) is 18.5. The van der Waals surface area contributed by atoms with Crippen LogP contribution >= 0.6 is 0 Å². The Balaban J connectivity index is 1.86. The number of sulfonamides is 1. The van der Waals surface area contributed by atoms with E-state index in [4.69, 9.17) is 6.42 Å². The minimum atomic E-state index is -3.40. The highest BCUT2D eigenvalue weighted by atomic mass is 32.2. The number of fused-ring (bicyclic) bond motifs is 1. The van der Waals surface area contributed by atoms with E-state index in [2.05, 4.69) is 33.8 Å². The van der Waals surface area contributed by atoms with Gasteiger partial charge in [0.05, 0.1) is 11.8 Å². The van der Waals surface area contributed by atoms with Gasteiger partial charge in [-0.05, 0) is 37.5 Å². The Morgan fingerprint density at radius 1 is 1.04 bits per heavy atom. The van der Waals surface area contributed by atoms with E-state index in [1.807, 2.05) is 34.6 Å². The number of hydrogen-bond acceptors (Lipinski definition) is 7. The van der Waals surface area contributed by atoms with Gasteiger partial charge >= 0.3 is 6.03 Å². The van der Waals surface area contributed by atoms with Crippen LogP contribution in [0.25, 0.3) is 0 Å². The first-order chi connectivity index (χ1) is 22.6. The highest BCUT2D eigenvalue weighted by molar-refractivity contribution is 7.89. The molecule has 0 spiro atoms. The van der Waals surface area contributed by atoms with E-state index in [-0.39, 0.29) is 50.1 Å². The monoisotopic (exact) mass is 702 g/mol. The summed E-state index contributed by atoms with van der Waals surface area (Å²) >= 11 is 0. The molecule has 14 heteroatoms. The topological polar surface area (TPSA) is 174 Å². The van der Waals surface area contributed by atoms with Gasteiger partial charge in [-0.3, -0.25) is 19.2 Å². The molecule has 1 aliphatic carbocycles. The quantitative estimate of drug-likeness (QED) is 0.128. The molecule has 3 aliphatic rings. The van der Waals surface area contributed by atoms with Crippen molar-refractivity contribution in [3.05, 3.63) is 23.8 Å². The summed E-state index contributed by atoms with van der Waals surface area (Å²) in [4.78, 5) is 69.0. The number of terminal acetylenes is 1. The molecular weight excluding hydrogens is 648 g/mol. The maximum absolute atomic E-state index is 14.4. The zero-order chi connectivity index (χ0) is 37.1. The average molecular weight is 703 g/mol. The molecule has 2 heterocycles. The van der Waals surface area contributed by atoms with Gasteiger partial charge in [0.2, 0.25) is 27.6 Å². The molecule has 1 unspecified atom stereocenters. The van der Waals surface area contributed by atoms with Crippen LogP contribution in [-0.4, -0.2) is 103 Å². The van der Waals surface area contributed by atoms with Gasteiger partial charge in [-0.2, -0.15) is 4.31 Å². The fraction of sp³-hybridized carbons (Fsp3) is 0.686. The highest BCUT2D eigenvalue weighted by Gasteiger charge is 2.62. The first kappa shape index (κ1) is 39.7. The number of allylic oxidation sites excluding steroid dienone is 1. The lowest BCUT2D eigenvalue weighted by molar-refractivity contribution is -0.144. The van der Waals surface area contributed by atoms with E-state index in [9.17, 15) is 32.4 Å². The van der Waals surface area contributed by atoms with Gasteiger partial charge in [0.15, 0.2) is 0 Å². The van der Waals surface area contributed by atoms with Crippen molar-refractivity contribution in [3.8, 4) is 12.3 Å². The Morgan fingerprint density at radius 3 is 2.20 bits per heavy atom. The SMILES string of the molecule is C#CCCC(NC(=O)[C@@H]1[C@H]2C(=C(C)C)[C@H]2CN1C(=O)[C@@H](NC(=O)N[C@H](CN1CCCS1(=O)=O)C(C)(C)C)C(C)(C)C)C(=O)C(=O)NCC=C. The third-order valence-corrected chi connectivity index (χ3v) is 11.4. The number of hydrogen-bond donors (Lipinski definition) is 4. The van der Waals surface area contributed by atoms with E-state index < -0.39 is 74.6 Å². The molecule has 3 rings (SSSR count). The molecular formula is C35H54N6O7S. The maximum atomic E-state index is 14.4. The fourth-order valence-electron chi connectivity index (χ4n) is 6.64. The Hall–Kier alpha value is -3.70. The largest absolute Gasteiger partial charge is 0.346 e. The molecule has 0 aromatic carbocycles. The lowest BCUT2D eigenvalue weighted by Gasteiger charge is -2.38. The molecule has 2 saturated heterocycles. The van der Waals surface area contributed by atoms with Gasteiger partial charge in [-0.1, -0.05) is 58.8 Å². The number of likely N-dealkylation sites (tertiary alicyclic amines) is 1. The summed E-state index contributed by atoms with van der Waals surface area (Å²) in [5.41, 5.74) is 0.822. The third kappa shape index (κ3) is 9.51. The standard InChI is InChI=1S/C35H54N6O7S/c1-11-13-15-23(28(42)31(44)36-16-12-2)37-30(43)27-26-22(25(26)21(3)4)19-41(27)32(45)29(35(8,9)10)39-33(46)38-24(34(5,6)7)20-40-17-14-18-49(40,47)48/h1,12,22-24,26-27,29H,2,13-20H2,3-10H3,(H,36,44)(H,37,43)(H2,38,39,46)/t22-,23?,24-,26-,27+,29-/m1/s1. The van der Waals surface area contributed by atoms with Gasteiger partial charge in [0.25, 0.3) is 5.91 Å². The molecule has 0 aromatic heterocycles. The molecule has 3 fully saturated rings. The second kappa shape index (κ2) is 15.5. The predicted molar refractivity (Wildman–Crippen MR) is 187 cm³/mol. The van der Waals surface area contributed by atoms with Crippen LogP contribution in [0.2, 0.25) is 0 Å². The number of urea groups is 1. The van der Waals surface area contributed by atoms with Crippen molar-refractivity contribution in [2.24, 2.45) is 22.7 Å². The molecule has 6 atom stereocenters. The average Bonchev–Trinajstić information content (AvgIpc) is 3.40. The number of piperidine rings is 1. The van der Waals surface area contributed by atoms with E-state index >= 15 is 0 Å². The smallest absolute Gasteiger partial charge is 0.315 e. The first-order valence-electron chi connectivity index (χ1n) is 16.8. The van der Waals surface area contributed by atoms with Gasteiger partial charge in [0, 0.05) is 50.5 Å². The van der Waals surface area contributed by atoms with Gasteiger partial charge in [-0.15, -0.1) is 18.9 Å². The van der Waals surface area contributed by atoms with Crippen LogP contribution in [0.15, 0.2) is 23.8 Å². The number of carbonyl (C=O) groups is 5. The van der Waals surface area contributed by atoms with Gasteiger partial charge < -0.3 is 26.2 Å². The van der Waals surface area contributed by atoms with E-state index in [0.717, 1.165) is 11.1 Å². The number of nitrogens with one attached hydrogen (secondary N) is 4. The molecule has 4 N–H and O–H groups in total. The predicted octanol–water partition coefficient (Wildman–Crippen LogP) is 1.71. The molecule has 0 bridgehead atoms. The Labute approximate surface area is 291 Å². The summed E-state index contributed by atoms with van der Waals surface area (Å²) in [7, 11) is -3.40. The van der Waals surface area contributed by atoms with Crippen LogP contribution in [0.3, 0.4) is 0 Å². The second-order valence-electron chi connectivity index (χ2n) is 15.6. The van der Waals surface area contributed by atoms with Crippen LogP contribution in [0, 0.1) is 35.0 Å². The maximum Gasteiger partial charge on any atom is 0.315 e. The number of carbonyl (C=O) groups excluding carboxylic acids is 5. The molecule has 13 nitrogen and oxygen atoms in total. The molecule has 2 aliphatic heterocycles. The molecule has 5 amide bonds. The number of rotatable bonds is 13. The van der Waals surface area contributed by atoms with E-state index in [1.54, 1.807) is 20.8 Å².